The van der Waals surface area contributed by atoms with Crippen molar-refractivity contribution in [3.8, 4) is 5.75 Å². The second kappa shape index (κ2) is 7.21. The summed E-state index contributed by atoms with van der Waals surface area (Å²) in [6.07, 6.45) is 1.96. The quantitative estimate of drug-likeness (QED) is 0.881. The zero-order valence-corrected chi connectivity index (χ0v) is 14.9. The number of para-hydroxylation sites is 2. The minimum Gasteiger partial charge on any atom is -0.506 e. The van der Waals surface area contributed by atoms with Crippen LogP contribution in [0.2, 0.25) is 0 Å². The zero-order valence-electron chi connectivity index (χ0n) is 14.1. The van der Waals surface area contributed by atoms with E-state index in [2.05, 4.69) is 14.9 Å². The molecule has 132 valence electrons. The molecule has 1 amide bonds. The third-order valence-electron chi connectivity index (χ3n) is 4.30. The number of carbonyl (C=O) groups excluding carboxylic acids is 1. The lowest BCUT2D eigenvalue weighted by Gasteiger charge is -2.25. The van der Waals surface area contributed by atoms with Gasteiger partial charge in [-0.2, -0.15) is 0 Å². The highest BCUT2D eigenvalue weighted by atomic mass is 32.2. The van der Waals surface area contributed by atoms with Gasteiger partial charge in [0.05, 0.1) is 30.9 Å². The number of nitrogens with zero attached hydrogens (tertiary/aromatic N) is 4. The third-order valence-corrected chi connectivity index (χ3v) is 5.25. The molecule has 0 bridgehead atoms. The summed E-state index contributed by atoms with van der Waals surface area (Å²) in [5.74, 6) is -0.00728. The van der Waals surface area contributed by atoms with E-state index in [4.69, 9.17) is 0 Å². The van der Waals surface area contributed by atoms with Crippen molar-refractivity contribution < 1.29 is 9.90 Å². The molecule has 0 aliphatic carbocycles. The lowest BCUT2D eigenvalue weighted by atomic mass is 10.2. The number of pyridine rings is 1. The van der Waals surface area contributed by atoms with Crippen LogP contribution in [0.15, 0.2) is 64.8 Å². The van der Waals surface area contributed by atoms with E-state index >= 15 is 0 Å². The Bertz CT molecular complexity index is 882. The number of phenols is 1. The summed E-state index contributed by atoms with van der Waals surface area (Å²) in [5, 5.41) is 13.2. The Balaban J connectivity index is 1.59. The number of thioether (sulfide) groups is 1. The molecule has 1 N–H and O–H groups in total. The van der Waals surface area contributed by atoms with Crippen LogP contribution in [0.25, 0.3) is 0 Å². The first-order valence-electron chi connectivity index (χ1n) is 8.38. The Morgan fingerprint density at radius 3 is 2.88 bits per heavy atom. The monoisotopic (exact) mass is 366 g/mol. The normalized spacial score (nSPS) is 15.5. The number of fused-ring (bicyclic) bond motifs is 1. The van der Waals surface area contributed by atoms with E-state index in [-0.39, 0.29) is 18.1 Å². The number of carbonyl (C=O) groups is 1. The standard InChI is InChI=1S/C19H18N4O2S/c24-17-7-2-1-6-16(17)23(12-14-5-3-4-8-20-14)18(25)11-15-13-26-19-21-9-10-22(15)19/h1-8,13,24H,9-12H2. The highest BCUT2D eigenvalue weighted by Crippen LogP contribution is 2.33. The first-order chi connectivity index (χ1) is 12.7. The third kappa shape index (κ3) is 3.30. The Morgan fingerprint density at radius 2 is 2.08 bits per heavy atom. The maximum absolute atomic E-state index is 13.1. The van der Waals surface area contributed by atoms with Crippen LogP contribution < -0.4 is 4.90 Å². The molecule has 2 aliphatic heterocycles. The number of hydrogen-bond donors (Lipinski definition) is 1. The smallest absolute Gasteiger partial charge is 0.233 e. The second-order valence-corrected chi connectivity index (χ2v) is 6.85. The predicted molar refractivity (Wildman–Crippen MR) is 103 cm³/mol. The van der Waals surface area contributed by atoms with E-state index < -0.39 is 0 Å². The summed E-state index contributed by atoms with van der Waals surface area (Å²) < 4.78 is 0. The van der Waals surface area contributed by atoms with E-state index in [0.717, 1.165) is 29.6 Å². The number of benzene rings is 1. The van der Waals surface area contributed by atoms with Crippen molar-refractivity contribution in [2.24, 2.45) is 4.99 Å². The molecule has 0 fully saturated rings. The molecule has 0 unspecified atom stereocenters. The van der Waals surface area contributed by atoms with Gasteiger partial charge in [-0.25, -0.2) is 0 Å². The molecule has 2 aromatic rings. The van der Waals surface area contributed by atoms with Crippen LogP contribution in [-0.4, -0.2) is 39.2 Å². The average molecular weight is 366 g/mol. The number of amidine groups is 1. The Labute approximate surface area is 155 Å². The minimum atomic E-state index is -0.0860. The van der Waals surface area contributed by atoms with E-state index in [1.165, 1.54) is 0 Å². The maximum atomic E-state index is 13.1. The van der Waals surface area contributed by atoms with Crippen molar-refractivity contribution >= 4 is 28.5 Å². The maximum Gasteiger partial charge on any atom is 0.233 e. The van der Waals surface area contributed by atoms with Crippen molar-refractivity contribution in [3.05, 3.63) is 65.5 Å². The number of aliphatic imine (C=N–C) groups is 1. The fourth-order valence-corrected chi connectivity index (χ4v) is 3.97. The lowest BCUT2D eigenvalue weighted by Crippen LogP contribution is -2.33. The molecular weight excluding hydrogens is 348 g/mol. The van der Waals surface area contributed by atoms with Crippen LogP contribution in [0.1, 0.15) is 12.1 Å². The SMILES string of the molecule is O=C(CC1=CSC2=NCCN12)N(Cc1ccccn1)c1ccccc1O. The number of anilines is 1. The number of aromatic nitrogens is 1. The van der Waals surface area contributed by atoms with E-state index in [9.17, 15) is 9.90 Å². The van der Waals surface area contributed by atoms with Crippen LogP contribution in [0, 0.1) is 0 Å². The first-order valence-corrected chi connectivity index (χ1v) is 9.26. The highest BCUT2D eigenvalue weighted by molar-refractivity contribution is 8.16. The van der Waals surface area contributed by atoms with Crippen LogP contribution in [0.4, 0.5) is 5.69 Å². The molecule has 2 aliphatic rings. The van der Waals surface area contributed by atoms with Gasteiger partial charge in [-0.15, -0.1) is 0 Å². The second-order valence-electron chi connectivity index (χ2n) is 6.01. The van der Waals surface area contributed by atoms with E-state index in [1.807, 2.05) is 29.7 Å². The van der Waals surface area contributed by atoms with Crippen molar-refractivity contribution in [2.45, 2.75) is 13.0 Å². The highest BCUT2D eigenvalue weighted by Gasteiger charge is 2.29. The molecule has 0 atom stereocenters. The average Bonchev–Trinajstić information content (AvgIpc) is 3.26. The Morgan fingerprint density at radius 1 is 1.23 bits per heavy atom. The van der Waals surface area contributed by atoms with Gasteiger partial charge in [0.25, 0.3) is 0 Å². The molecule has 26 heavy (non-hydrogen) atoms. The summed E-state index contributed by atoms with van der Waals surface area (Å²) in [6, 6.07) is 12.5. The van der Waals surface area contributed by atoms with Gasteiger partial charge < -0.3 is 14.9 Å². The minimum absolute atomic E-state index is 0.0787. The van der Waals surface area contributed by atoms with Crippen LogP contribution >= 0.6 is 11.8 Å². The molecule has 0 saturated heterocycles. The molecule has 3 heterocycles. The number of rotatable bonds is 5. The number of phenolic OH excluding ortho intramolecular Hbond substituents is 1. The molecule has 7 heteroatoms. The largest absolute Gasteiger partial charge is 0.506 e. The van der Waals surface area contributed by atoms with Gasteiger partial charge in [0.2, 0.25) is 5.91 Å². The molecular formula is C19H18N4O2S. The summed E-state index contributed by atoms with van der Waals surface area (Å²) in [6.45, 7) is 1.89. The molecule has 0 radical (unpaired) electrons. The number of hydrogen-bond acceptors (Lipinski definition) is 6. The molecule has 1 aromatic heterocycles. The summed E-state index contributed by atoms with van der Waals surface area (Å²) in [7, 11) is 0. The van der Waals surface area contributed by atoms with Gasteiger partial charge in [0.1, 0.15) is 5.75 Å². The van der Waals surface area contributed by atoms with Gasteiger partial charge in [-0.3, -0.25) is 14.8 Å². The van der Waals surface area contributed by atoms with Gasteiger partial charge in [0, 0.05) is 18.4 Å². The topological polar surface area (TPSA) is 69.0 Å². The summed E-state index contributed by atoms with van der Waals surface area (Å²) in [5.41, 5.74) is 2.21. The van der Waals surface area contributed by atoms with Gasteiger partial charge in [-0.1, -0.05) is 30.0 Å². The molecule has 4 rings (SSSR count). The van der Waals surface area contributed by atoms with E-state index in [0.29, 0.717) is 12.2 Å². The van der Waals surface area contributed by atoms with Crippen LogP contribution in [0.5, 0.6) is 5.75 Å². The van der Waals surface area contributed by atoms with Crippen molar-refractivity contribution in [2.75, 3.05) is 18.0 Å². The number of amides is 1. The lowest BCUT2D eigenvalue weighted by molar-refractivity contribution is -0.118. The Hall–Kier alpha value is -2.80. The number of aromatic hydroxyl groups is 1. The van der Waals surface area contributed by atoms with Gasteiger partial charge >= 0.3 is 0 Å². The Kier molecular flexibility index (Phi) is 4.62. The molecule has 0 saturated carbocycles. The molecule has 1 aromatic carbocycles. The zero-order chi connectivity index (χ0) is 17.9. The molecule has 6 nitrogen and oxygen atoms in total. The predicted octanol–water partition coefficient (Wildman–Crippen LogP) is 2.97. The summed E-state index contributed by atoms with van der Waals surface area (Å²) >= 11 is 1.56. The van der Waals surface area contributed by atoms with Crippen molar-refractivity contribution in [1.82, 2.24) is 9.88 Å². The van der Waals surface area contributed by atoms with Crippen molar-refractivity contribution in [1.29, 1.82) is 0 Å². The fraction of sp³-hybridized carbons (Fsp3) is 0.211. The first kappa shape index (κ1) is 16.7. The van der Waals surface area contributed by atoms with Crippen molar-refractivity contribution in [3.63, 3.8) is 0 Å². The molecule has 0 spiro atoms. The van der Waals surface area contributed by atoms with Crippen LogP contribution in [-0.2, 0) is 11.3 Å². The van der Waals surface area contributed by atoms with Crippen LogP contribution in [0.3, 0.4) is 0 Å². The fourth-order valence-electron chi connectivity index (χ4n) is 3.02. The van der Waals surface area contributed by atoms with E-state index in [1.54, 1.807) is 41.1 Å². The van der Waals surface area contributed by atoms with Gasteiger partial charge in [0.15, 0.2) is 5.17 Å². The van der Waals surface area contributed by atoms with Gasteiger partial charge in [-0.05, 0) is 29.7 Å². The summed E-state index contributed by atoms with van der Waals surface area (Å²) in [4.78, 5) is 25.5.